The lowest BCUT2D eigenvalue weighted by Crippen LogP contribution is -2.20. The van der Waals surface area contributed by atoms with E-state index >= 15 is 0 Å². The quantitative estimate of drug-likeness (QED) is 0.671. The lowest BCUT2D eigenvalue weighted by molar-refractivity contribution is -0.118. The summed E-state index contributed by atoms with van der Waals surface area (Å²) in [6, 6.07) is 0. The zero-order valence-corrected chi connectivity index (χ0v) is 8.93. The molecule has 0 rings (SSSR count). The van der Waals surface area contributed by atoms with Crippen LogP contribution in [0, 0.1) is 0 Å². The number of Topliss-reactive ketones (excluding diaryl/α,β-unsaturated/α-hetero) is 1. The van der Waals surface area contributed by atoms with Crippen LogP contribution in [-0.2, 0) is 14.6 Å². The smallest absolute Gasteiger partial charge is 0.153 e. The standard InChI is InChI=1S/C8H17NO3S/c1-7(2)13(11,12)6-4-8(10)3-5-9/h7H,3-6,9H2,1-2H3. The summed E-state index contributed by atoms with van der Waals surface area (Å²) >= 11 is 0. The van der Waals surface area contributed by atoms with E-state index in [0.29, 0.717) is 6.54 Å². The van der Waals surface area contributed by atoms with Crippen molar-refractivity contribution in [2.45, 2.75) is 31.9 Å². The van der Waals surface area contributed by atoms with E-state index in [-0.39, 0.29) is 24.4 Å². The summed E-state index contributed by atoms with van der Waals surface area (Å²) < 4.78 is 22.5. The number of sulfone groups is 1. The topological polar surface area (TPSA) is 77.2 Å². The van der Waals surface area contributed by atoms with Gasteiger partial charge < -0.3 is 5.73 Å². The molecule has 0 saturated heterocycles. The fraction of sp³-hybridized carbons (Fsp3) is 0.875. The summed E-state index contributed by atoms with van der Waals surface area (Å²) in [5, 5.41) is -0.404. The number of hydrogen-bond donors (Lipinski definition) is 1. The van der Waals surface area contributed by atoms with Crippen LogP contribution in [0.2, 0.25) is 0 Å². The van der Waals surface area contributed by atoms with Crippen LogP contribution >= 0.6 is 0 Å². The molecule has 0 spiro atoms. The molecule has 0 atom stereocenters. The van der Waals surface area contributed by atoms with Gasteiger partial charge >= 0.3 is 0 Å². The van der Waals surface area contributed by atoms with Gasteiger partial charge in [-0.05, 0) is 20.4 Å². The van der Waals surface area contributed by atoms with Crippen LogP contribution in [0.15, 0.2) is 0 Å². The maximum Gasteiger partial charge on any atom is 0.153 e. The van der Waals surface area contributed by atoms with Crippen LogP contribution < -0.4 is 5.73 Å². The molecule has 0 aromatic rings. The van der Waals surface area contributed by atoms with Gasteiger partial charge in [0, 0.05) is 12.8 Å². The van der Waals surface area contributed by atoms with E-state index in [4.69, 9.17) is 5.73 Å². The Balaban J connectivity index is 3.96. The summed E-state index contributed by atoms with van der Waals surface area (Å²) in [6.07, 6.45) is 0.366. The van der Waals surface area contributed by atoms with Crippen molar-refractivity contribution < 1.29 is 13.2 Å². The normalized spacial score (nSPS) is 12.0. The van der Waals surface area contributed by atoms with Crippen LogP contribution in [0.5, 0.6) is 0 Å². The minimum absolute atomic E-state index is 0.0521. The first-order chi connectivity index (χ1) is 5.90. The molecule has 0 aliphatic carbocycles. The third-order valence-electron chi connectivity index (χ3n) is 1.81. The minimum atomic E-state index is -3.07. The molecule has 0 bridgehead atoms. The first-order valence-electron chi connectivity index (χ1n) is 4.33. The zero-order valence-electron chi connectivity index (χ0n) is 8.12. The molecular formula is C8H17NO3S. The predicted octanol–water partition coefficient (Wildman–Crippen LogP) is 0.118. The number of nitrogens with two attached hydrogens (primary N) is 1. The van der Waals surface area contributed by atoms with E-state index in [0.717, 1.165) is 0 Å². The molecule has 0 aromatic heterocycles. The van der Waals surface area contributed by atoms with E-state index in [2.05, 4.69) is 0 Å². The maximum atomic E-state index is 11.3. The van der Waals surface area contributed by atoms with Gasteiger partial charge in [0.1, 0.15) is 5.78 Å². The van der Waals surface area contributed by atoms with Crippen molar-refractivity contribution in [2.24, 2.45) is 5.73 Å². The molecule has 13 heavy (non-hydrogen) atoms. The van der Waals surface area contributed by atoms with Gasteiger partial charge in [-0.1, -0.05) is 0 Å². The molecule has 0 radical (unpaired) electrons. The van der Waals surface area contributed by atoms with Crippen molar-refractivity contribution in [3.05, 3.63) is 0 Å². The highest BCUT2D eigenvalue weighted by Gasteiger charge is 2.17. The van der Waals surface area contributed by atoms with Crippen molar-refractivity contribution in [2.75, 3.05) is 12.3 Å². The fourth-order valence-electron chi connectivity index (χ4n) is 0.778. The van der Waals surface area contributed by atoms with Gasteiger partial charge in [-0.3, -0.25) is 4.79 Å². The summed E-state index contributed by atoms with van der Waals surface area (Å²) in [7, 11) is -3.07. The SMILES string of the molecule is CC(C)S(=O)(=O)CCC(=O)CCN. The molecule has 4 nitrogen and oxygen atoms in total. The molecule has 78 valence electrons. The molecular weight excluding hydrogens is 190 g/mol. The van der Waals surface area contributed by atoms with Crippen molar-refractivity contribution in [3.8, 4) is 0 Å². The monoisotopic (exact) mass is 207 g/mol. The Morgan fingerprint density at radius 1 is 1.31 bits per heavy atom. The number of carbonyl (C=O) groups is 1. The second kappa shape index (κ2) is 5.34. The Labute approximate surface area is 79.4 Å². The number of rotatable bonds is 6. The molecule has 0 saturated carbocycles. The highest BCUT2D eigenvalue weighted by Crippen LogP contribution is 2.03. The largest absolute Gasteiger partial charge is 0.330 e. The zero-order chi connectivity index (χ0) is 10.5. The highest BCUT2D eigenvalue weighted by molar-refractivity contribution is 7.91. The molecule has 2 N–H and O–H groups in total. The third-order valence-corrected chi connectivity index (χ3v) is 4.02. The molecule has 0 amide bonds. The first kappa shape index (κ1) is 12.6. The van der Waals surface area contributed by atoms with Crippen LogP contribution in [0.3, 0.4) is 0 Å². The van der Waals surface area contributed by atoms with Crippen LogP contribution in [0.25, 0.3) is 0 Å². The summed E-state index contributed by atoms with van der Waals surface area (Å²) in [5.74, 6) is -0.129. The Kier molecular flexibility index (Phi) is 5.17. The molecule has 0 heterocycles. The van der Waals surface area contributed by atoms with Crippen LogP contribution in [0.4, 0.5) is 0 Å². The van der Waals surface area contributed by atoms with Crippen LogP contribution in [0.1, 0.15) is 26.7 Å². The third kappa shape index (κ3) is 5.00. The van der Waals surface area contributed by atoms with Gasteiger partial charge in [0.25, 0.3) is 0 Å². The van der Waals surface area contributed by atoms with E-state index in [1.54, 1.807) is 13.8 Å². The van der Waals surface area contributed by atoms with Crippen molar-refractivity contribution >= 4 is 15.6 Å². The lowest BCUT2D eigenvalue weighted by Gasteiger charge is -2.06. The Bertz CT molecular complexity index is 257. The average molecular weight is 207 g/mol. The number of ketones is 1. The molecule has 0 unspecified atom stereocenters. The molecule has 0 aromatic carbocycles. The Morgan fingerprint density at radius 2 is 1.85 bits per heavy atom. The van der Waals surface area contributed by atoms with E-state index in [1.807, 2.05) is 0 Å². The van der Waals surface area contributed by atoms with Gasteiger partial charge in [0.05, 0.1) is 11.0 Å². The second-order valence-corrected chi connectivity index (χ2v) is 5.92. The minimum Gasteiger partial charge on any atom is -0.330 e. The predicted molar refractivity (Wildman–Crippen MR) is 52.2 cm³/mol. The van der Waals surface area contributed by atoms with Crippen molar-refractivity contribution in [3.63, 3.8) is 0 Å². The summed E-state index contributed by atoms with van der Waals surface area (Å²) in [5.41, 5.74) is 5.16. The molecule has 0 aliphatic rings. The van der Waals surface area contributed by atoms with E-state index in [1.165, 1.54) is 0 Å². The van der Waals surface area contributed by atoms with Gasteiger partial charge in [0.15, 0.2) is 9.84 Å². The Hall–Kier alpha value is -0.420. The lowest BCUT2D eigenvalue weighted by atomic mass is 10.2. The van der Waals surface area contributed by atoms with Crippen molar-refractivity contribution in [1.82, 2.24) is 0 Å². The number of carbonyl (C=O) groups excluding carboxylic acids is 1. The Morgan fingerprint density at radius 3 is 2.23 bits per heavy atom. The average Bonchev–Trinajstić information content (AvgIpc) is 2.01. The maximum absolute atomic E-state index is 11.3. The van der Waals surface area contributed by atoms with E-state index < -0.39 is 15.1 Å². The molecule has 0 aliphatic heterocycles. The summed E-state index contributed by atoms with van der Waals surface area (Å²) in [6.45, 7) is 3.52. The van der Waals surface area contributed by atoms with E-state index in [9.17, 15) is 13.2 Å². The van der Waals surface area contributed by atoms with Gasteiger partial charge in [0.2, 0.25) is 0 Å². The van der Waals surface area contributed by atoms with Crippen LogP contribution in [-0.4, -0.2) is 31.7 Å². The summed E-state index contributed by atoms with van der Waals surface area (Å²) in [4.78, 5) is 11.0. The molecule has 0 fully saturated rings. The first-order valence-corrected chi connectivity index (χ1v) is 6.05. The van der Waals surface area contributed by atoms with Gasteiger partial charge in [-0.15, -0.1) is 0 Å². The van der Waals surface area contributed by atoms with Crippen molar-refractivity contribution in [1.29, 1.82) is 0 Å². The second-order valence-electron chi connectivity index (χ2n) is 3.24. The molecule has 5 heteroatoms. The fourth-order valence-corrected chi connectivity index (χ4v) is 1.76. The number of hydrogen-bond acceptors (Lipinski definition) is 4. The van der Waals surface area contributed by atoms with Gasteiger partial charge in [-0.25, -0.2) is 8.42 Å². The highest BCUT2D eigenvalue weighted by atomic mass is 32.2. The van der Waals surface area contributed by atoms with Gasteiger partial charge in [-0.2, -0.15) is 0 Å².